The van der Waals surface area contributed by atoms with Crippen molar-refractivity contribution in [2.24, 2.45) is 0 Å². The molecule has 2 aromatic carbocycles. The minimum atomic E-state index is -0.627. The van der Waals surface area contributed by atoms with Crippen molar-refractivity contribution < 1.29 is 19.4 Å². The van der Waals surface area contributed by atoms with Gasteiger partial charge in [-0.25, -0.2) is 0 Å². The normalized spacial score (nSPS) is 15.4. The first-order valence-corrected chi connectivity index (χ1v) is 10.5. The Bertz CT molecular complexity index is 849. The van der Waals surface area contributed by atoms with E-state index < -0.39 is 6.10 Å². The number of aromatic hydroxyl groups is 1. The summed E-state index contributed by atoms with van der Waals surface area (Å²) in [6, 6.07) is 14.6. The van der Waals surface area contributed by atoms with Crippen LogP contribution in [0.2, 0.25) is 0 Å². The molecule has 1 aliphatic rings. The number of rotatable bonds is 6. The number of phenolic OH excluding ortho intramolecular Hbond substituents is 1. The Morgan fingerprint density at radius 3 is 2.30 bits per heavy atom. The average molecular weight is 411 g/mol. The summed E-state index contributed by atoms with van der Waals surface area (Å²) in [4.78, 5) is 29.1. The van der Waals surface area contributed by atoms with E-state index in [0.29, 0.717) is 38.3 Å². The number of carbonyl (C=O) groups excluding carboxylic acids is 2. The summed E-state index contributed by atoms with van der Waals surface area (Å²) in [5.41, 5.74) is 2.38. The van der Waals surface area contributed by atoms with Gasteiger partial charge in [-0.05, 0) is 56.5 Å². The van der Waals surface area contributed by atoms with Crippen LogP contribution in [0.3, 0.4) is 0 Å². The van der Waals surface area contributed by atoms with Crippen LogP contribution >= 0.6 is 0 Å². The van der Waals surface area contributed by atoms with E-state index in [1.54, 1.807) is 24.0 Å². The van der Waals surface area contributed by atoms with Gasteiger partial charge in [0.15, 0.2) is 6.10 Å². The van der Waals surface area contributed by atoms with Crippen molar-refractivity contribution in [2.45, 2.75) is 39.2 Å². The standard InChI is InChI=1S/C24H30N2O4/c1-18-4-6-20(7-5-18)8-13-23(28)25-14-3-15-26(17-16-25)24(29)19(2)30-22-11-9-21(27)10-12-22/h4-7,9-12,19,27H,3,8,13-17H2,1-2H3. The molecule has 0 aromatic heterocycles. The van der Waals surface area contributed by atoms with Crippen LogP contribution in [0.4, 0.5) is 0 Å². The zero-order chi connectivity index (χ0) is 21.5. The quantitative estimate of drug-likeness (QED) is 0.794. The molecule has 1 atom stereocenters. The lowest BCUT2D eigenvalue weighted by Gasteiger charge is -2.25. The lowest BCUT2D eigenvalue weighted by molar-refractivity contribution is -0.138. The third-order valence-corrected chi connectivity index (χ3v) is 5.41. The van der Waals surface area contributed by atoms with Crippen molar-refractivity contribution in [3.05, 3.63) is 59.7 Å². The number of carbonyl (C=O) groups is 2. The molecule has 0 radical (unpaired) electrons. The highest BCUT2D eigenvalue weighted by atomic mass is 16.5. The number of hydrogen-bond donors (Lipinski definition) is 1. The molecule has 2 aromatic rings. The highest BCUT2D eigenvalue weighted by Gasteiger charge is 2.26. The van der Waals surface area contributed by atoms with Gasteiger partial charge in [-0.15, -0.1) is 0 Å². The molecule has 30 heavy (non-hydrogen) atoms. The fourth-order valence-electron chi connectivity index (χ4n) is 3.59. The van der Waals surface area contributed by atoms with Crippen LogP contribution in [0.5, 0.6) is 11.5 Å². The van der Waals surface area contributed by atoms with Gasteiger partial charge in [-0.1, -0.05) is 29.8 Å². The topological polar surface area (TPSA) is 70.1 Å². The molecule has 160 valence electrons. The van der Waals surface area contributed by atoms with Gasteiger partial charge in [0.1, 0.15) is 11.5 Å². The second-order valence-electron chi connectivity index (χ2n) is 7.80. The molecule has 3 rings (SSSR count). The van der Waals surface area contributed by atoms with Gasteiger partial charge in [0, 0.05) is 32.6 Å². The first kappa shape index (κ1) is 21.7. The lowest BCUT2D eigenvalue weighted by Crippen LogP contribution is -2.43. The van der Waals surface area contributed by atoms with Crippen molar-refractivity contribution >= 4 is 11.8 Å². The van der Waals surface area contributed by atoms with Crippen LogP contribution in [-0.4, -0.2) is 59.0 Å². The van der Waals surface area contributed by atoms with E-state index in [9.17, 15) is 14.7 Å². The van der Waals surface area contributed by atoms with Gasteiger partial charge in [0.25, 0.3) is 5.91 Å². The lowest BCUT2D eigenvalue weighted by atomic mass is 10.1. The Morgan fingerprint density at radius 1 is 0.967 bits per heavy atom. The van der Waals surface area contributed by atoms with Gasteiger partial charge in [0.05, 0.1) is 0 Å². The zero-order valence-electron chi connectivity index (χ0n) is 17.7. The van der Waals surface area contributed by atoms with E-state index in [1.165, 1.54) is 23.3 Å². The number of ether oxygens (including phenoxy) is 1. The van der Waals surface area contributed by atoms with E-state index in [4.69, 9.17) is 4.74 Å². The van der Waals surface area contributed by atoms with E-state index in [0.717, 1.165) is 12.8 Å². The maximum absolute atomic E-state index is 12.8. The molecule has 1 heterocycles. The van der Waals surface area contributed by atoms with Crippen molar-refractivity contribution in [3.63, 3.8) is 0 Å². The number of nitrogens with zero attached hydrogens (tertiary/aromatic N) is 2. The number of phenols is 1. The van der Waals surface area contributed by atoms with Gasteiger partial charge >= 0.3 is 0 Å². The molecule has 2 amide bonds. The molecule has 0 bridgehead atoms. The monoisotopic (exact) mass is 410 g/mol. The largest absolute Gasteiger partial charge is 0.508 e. The van der Waals surface area contributed by atoms with Gasteiger partial charge < -0.3 is 19.6 Å². The molecule has 0 spiro atoms. The average Bonchev–Trinajstić information content (AvgIpc) is 3.00. The summed E-state index contributed by atoms with van der Waals surface area (Å²) in [5.74, 6) is 0.743. The SMILES string of the molecule is Cc1ccc(CCC(=O)N2CCCN(C(=O)C(C)Oc3ccc(O)cc3)CC2)cc1. The predicted octanol–water partition coefficient (Wildman–Crippen LogP) is 3.16. The molecular formula is C24H30N2O4. The molecule has 6 nitrogen and oxygen atoms in total. The Kier molecular flexibility index (Phi) is 7.33. The second-order valence-corrected chi connectivity index (χ2v) is 7.80. The Labute approximate surface area is 178 Å². The Morgan fingerprint density at radius 2 is 1.60 bits per heavy atom. The minimum Gasteiger partial charge on any atom is -0.508 e. The summed E-state index contributed by atoms with van der Waals surface area (Å²) >= 11 is 0. The molecule has 0 saturated carbocycles. The number of amides is 2. The molecule has 1 N–H and O–H groups in total. The Balaban J connectivity index is 1.48. The summed E-state index contributed by atoms with van der Waals surface area (Å²) in [7, 11) is 0. The maximum atomic E-state index is 12.8. The molecule has 0 aliphatic carbocycles. The van der Waals surface area contributed by atoms with Gasteiger partial charge in [0.2, 0.25) is 5.91 Å². The molecule has 1 fully saturated rings. The fourth-order valence-corrected chi connectivity index (χ4v) is 3.59. The molecule has 1 aliphatic heterocycles. The van der Waals surface area contributed by atoms with E-state index in [1.807, 2.05) is 4.90 Å². The van der Waals surface area contributed by atoms with Gasteiger partial charge in [-0.2, -0.15) is 0 Å². The van der Waals surface area contributed by atoms with Gasteiger partial charge in [-0.3, -0.25) is 9.59 Å². The highest BCUT2D eigenvalue weighted by molar-refractivity contribution is 5.81. The maximum Gasteiger partial charge on any atom is 0.263 e. The Hall–Kier alpha value is -3.02. The smallest absolute Gasteiger partial charge is 0.263 e. The van der Waals surface area contributed by atoms with Crippen LogP contribution in [0, 0.1) is 6.92 Å². The van der Waals surface area contributed by atoms with Crippen molar-refractivity contribution in [1.29, 1.82) is 0 Å². The van der Waals surface area contributed by atoms with Crippen LogP contribution in [-0.2, 0) is 16.0 Å². The fraction of sp³-hybridized carbons (Fsp3) is 0.417. The summed E-state index contributed by atoms with van der Waals surface area (Å²) < 4.78 is 5.71. The number of hydrogen-bond acceptors (Lipinski definition) is 4. The van der Waals surface area contributed by atoms with Crippen LogP contribution in [0.25, 0.3) is 0 Å². The zero-order valence-corrected chi connectivity index (χ0v) is 17.7. The first-order chi connectivity index (χ1) is 14.4. The van der Waals surface area contributed by atoms with Crippen molar-refractivity contribution in [1.82, 2.24) is 9.80 Å². The van der Waals surface area contributed by atoms with E-state index in [2.05, 4.69) is 31.2 Å². The molecule has 1 saturated heterocycles. The molecule has 6 heteroatoms. The van der Waals surface area contributed by atoms with Crippen LogP contribution < -0.4 is 4.74 Å². The van der Waals surface area contributed by atoms with E-state index >= 15 is 0 Å². The van der Waals surface area contributed by atoms with E-state index in [-0.39, 0.29) is 17.6 Å². The number of aryl methyl sites for hydroxylation is 2. The summed E-state index contributed by atoms with van der Waals surface area (Å²) in [5, 5.41) is 9.36. The van der Waals surface area contributed by atoms with Crippen LogP contribution in [0.15, 0.2) is 48.5 Å². The highest BCUT2D eigenvalue weighted by Crippen LogP contribution is 2.18. The number of benzene rings is 2. The van der Waals surface area contributed by atoms with Crippen LogP contribution in [0.1, 0.15) is 30.9 Å². The third-order valence-electron chi connectivity index (χ3n) is 5.41. The van der Waals surface area contributed by atoms with Crippen molar-refractivity contribution in [3.8, 4) is 11.5 Å². The summed E-state index contributed by atoms with van der Waals surface area (Å²) in [6.45, 7) is 6.12. The summed E-state index contributed by atoms with van der Waals surface area (Å²) in [6.07, 6.45) is 1.35. The minimum absolute atomic E-state index is 0.0861. The molecule has 1 unspecified atom stereocenters. The third kappa shape index (κ3) is 5.99. The first-order valence-electron chi connectivity index (χ1n) is 10.5. The predicted molar refractivity (Wildman–Crippen MR) is 115 cm³/mol. The second kappa shape index (κ2) is 10.1. The van der Waals surface area contributed by atoms with Crippen molar-refractivity contribution in [2.75, 3.05) is 26.2 Å². The molecular weight excluding hydrogens is 380 g/mol.